The molecule has 0 radical (unpaired) electrons. The Kier molecular flexibility index (Phi) is 3.35. The van der Waals surface area contributed by atoms with Crippen LogP contribution in [0.3, 0.4) is 0 Å². The summed E-state index contributed by atoms with van der Waals surface area (Å²) in [6, 6.07) is 8.37. The fourth-order valence-corrected chi connectivity index (χ4v) is 1.63. The third kappa shape index (κ3) is 2.57. The molecule has 0 amide bonds. The Hall–Kier alpha value is -1.35. The van der Waals surface area contributed by atoms with E-state index in [4.69, 9.17) is 10.5 Å². The van der Waals surface area contributed by atoms with Crippen LogP contribution in [0.2, 0.25) is 0 Å². The van der Waals surface area contributed by atoms with Crippen LogP contribution in [-0.2, 0) is 11.2 Å². The Bertz CT molecular complexity index is 343. The lowest BCUT2D eigenvalue weighted by Gasteiger charge is -2.03. The lowest BCUT2D eigenvalue weighted by Crippen LogP contribution is -2.02. The summed E-state index contributed by atoms with van der Waals surface area (Å²) in [6.45, 7) is 2.24. The normalized spacial score (nSPS) is 14.9. The van der Waals surface area contributed by atoms with Gasteiger partial charge in [0.15, 0.2) is 0 Å². The van der Waals surface area contributed by atoms with Crippen molar-refractivity contribution in [2.24, 2.45) is 10.7 Å². The van der Waals surface area contributed by atoms with Crippen LogP contribution in [-0.4, -0.2) is 25.6 Å². The minimum absolute atomic E-state index is 0.713. The van der Waals surface area contributed by atoms with Crippen molar-refractivity contribution in [2.45, 2.75) is 12.8 Å². The van der Waals surface area contributed by atoms with Gasteiger partial charge in [-0.15, -0.1) is 0 Å². The van der Waals surface area contributed by atoms with Gasteiger partial charge >= 0.3 is 0 Å². The second kappa shape index (κ2) is 4.94. The van der Waals surface area contributed by atoms with Gasteiger partial charge in [-0.05, 0) is 37.1 Å². The van der Waals surface area contributed by atoms with Crippen molar-refractivity contribution in [3.63, 3.8) is 0 Å². The molecule has 2 N–H and O–H groups in total. The Morgan fingerprint density at radius 3 is 2.67 bits per heavy atom. The fraction of sp³-hybridized carbons (Fsp3) is 0.417. The summed E-state index contributed by atoms with van der Waals surface area (Å²) in [5.74, 6) is 0.778. The first-order valence-electron chi connectivity index (χ1n) is 5.37. The van der Waals surface area contributed by atoms with Gasteiger partial charge in [-0.1, -0.05) is 12.1 Å². The minimum atomic E-state index is 0.713. The van der Waals surface area contributed by atoms with Crippen LogP contribution in [0.15, 0.2) is 29.3 Å². The maximum atomic E-state index is 5.47. The zero-order valence-corrected chi connectivity index (χ0v) is 8.78. The molecule has 0 bridgehead atoms. The predicted octanol–water partition coefficient (Wildman–Crippen LogP) is 1.35. The van der Waals surface area contributed by atoms with E-state index in [0.29, 0.717) is 6.61 Å². The Labute approximate surface area is 90.0 Å². The van der Waals surface area contributed by atoms with Crippen molar-refractivity contribution < 1.29 is 4.74 Å². The summed E-state index contributed by atoms with van der Waals surface area (Å²) in [5, 5.41) is 0. The summed E-state index contributed by atoms with van der Waals surface area (Å²) in [7, 11) is 0. The quantitative estimate of drug-likeness (QED) is 0.804. The molecule has 1 aliphatic rings. The zero-order valence-electron chi connectivity index (χ0n) is 8.78. The highest BCUT2D eigenvalue weighted by Gasteiger charge is 2.09. The average Bonchev–Trinajstić information content (AvgIpc) is 2.80. The van der Waals surface area contributed by atoms with Crippen molar-refractivity contribution in [1.29, 1.82) is 0 Å². The van der Waals surface area contributed by atoms with Gasteiger partial charge in [-0.25, -0.2) is 4.99 Å². The van der Waals surface area contributed by atoms with E-state index in [0.717, 1.165) is 37.4 Å². The molecule has 0 aromatic heterocycles. The molecule has 0 atom stereocenters. The molecule has 1 aromatic carbocycles. The lowest BCUT2D eigenvalue weighted by molar-refractivity contribution is 0.348. The third-order valence-corrected chi connectivity index (χ3v) is 2.46. The van der Waals surface area contributed by atoms with Crippen LogP contribution in [0.25, 0.3) is 0 Å². The van der Waals surface area contributed by atoms with E-state index in [1.54, 1.807) is 0 Å². The number of hydrogen-bond acceptors (Lipinski definition) is 3. The monoisotopic (exact) mass is 204 g/mol. The minimum Gasteiger partial charge on any atom is -0.476 e. The number of aryl methyl sites for hydroxylation is 1. The molecule has 0 saturated carbocycles. The molecule has 0 aliphatic carbocycles. The fourth-order valence-electron chi connectivity index (χ4n) is 1.63. The number of nitrogens with zero attached hydrogens (tertiary/aromatic N) is 1. The number of aliphatic imine (C=N–C) groups is 1. The van der Waals surface area contributed by atoms with Crippen molar-refractivity contribution >= 4 is 5.90 Å². The van der Waals surface area contributed by atoms with E-state index in [2.05, 4.69) is 29.3 Å². The maximum absolute atomic E-state index is 5.47. The molecule has 80 valence electrons. The molecule has 15 heavy (non-hydrogen) atoms. The van der Waals surface area contributed by atoms with Crippen molar-refractivity contribution in [3.05, 3.63) is 35.4 Å². The van der Waals surface area contributed by atoms with Gasteiger partial charge < -0.3 is 10.5 Å². The molecular weight excluding hydrogens is 188 g/mol. The first-order chi connectivity index (χ1) is 7.40. The molecule has 0 unspecified atom stereocenters. The molecular formula is C12H16N2O. The molecule has 0 spiro atoms. The van der Waals surface area contributed by atoms with E-state index >= 15 is 0 Å². The van der Waals surface area contributed by atoms with Crippen LogP contribution in [0.5, 0.6) is 0 Å². The second-order valence-electron chi connectivity index (χ2n) is 3.62. The van der Waals surface area contributed by atoms with Crippen molar-refractivity contribution in [3.8, 4) is 0 Å². The molecule has 0 saturated heterocycles. The number of benzene rings is 1. The van der Waals surface area contributed by atoms with Crippen LogP contribution in [0.4, 0.5) is 0 Å². The highest BCUT2D eigenvalue weighted by atomic mass is 16.5. The van der Waals surface area contributed by atoms with Crippen molar-refractivity contribution in [1.82, 2.24) is 0 Å². The van der Waals surface area contributed by atoms with Crippen LogP contribution < -0.4 is 5.73 Å². The number of rotatable bonds is 4. The summed E-state index contributed by atoms with van der Waals surface area (Å²) < 4.78 is 5.39. The Morgan fingerprint density at radius 1 is 1.27 bits per heavy atom. The predicted molar refractivity (Wildman–Crippen MR) is 61.2 cm³/mol. The van der Waals surface area contributed by atoms with Gasteiger partial charge in [0.2, 0.25) is 5.90 Å². The number of ether oxygens (including phenoxy) is 1. The van der Waals surface area contributed by atoms with E-state index in [1.165, 1.54) is 5.56 Å². The van der Waals surface area contributed by atoms with E-state index in [1.807, 2.05) is 0 Å². The highest BCUT2D eigenvalue weighted by molar-refractivity contribution is 5.94. The molecule has 1 aromatic rings. The van der Waals surface area contributed by atoms with Crippen molar-refractivity contribution in [2.75, 3.05) is 19.7 Å². The zero-order chi connectivity index (χ0) is 10.5. The van der Waals surface area contributed by atoms with Gasteiger partial charge in [0, 0.05) is 5.56 Å². The lowest BCUT2D eigenvalue weighted by atomic mass is 10.1. The molecule has 1 aliphatic heterocycles. The second-order valence-corrected chi connectivity index (χ2v) is 3.62. The van der Waals surface area contributed by atoms with Gasteiger partial charge in [-0.2, -0.15) is 0 Å². The standard InChI is InChI=1S/C12H16N2O/c13-7-1-2-10-3-5-11(6-4-10)12-14-8-9-15-12/h3-6H,1-2,7-9,13H2. The number of nitrogens with two attached hydrogens (primary N) is 1. The van der Waals surface area contributed by atoms with Crippen LogP contribution in [0.1, 0.15) is 17.5 Å². The third-order valence-electron chi connectivity index (χ3n) is 2.46. The summed E-state index contributed by atoms with van der Waals surface area (Å²) in [6.07, 6.45) is 2.08. The SMILES string of the molecule is NCCCc1ccc(C2=NCCO2)cc1. The summed E-state index contributed by atoms with van der Waals surface area (Å²) in [5.41, 5.74) is 7.86. The molecule has 3 heteroatoms. The van der Waals surface area contributed by atoms with Crippen LogP contribution >= 0.6 is 0 Å². The maximum Gasteiger partial charge on any atom is 0.216 e. The highest BCUT2D eigenvalue weighted by Crippen LogP contribution is 2.10. The van der Waals surface area contributed by atoms with E-state index < -0.39 is 0 Å². The van der Waals surface area contributed by atoms with Gasteiger partial charge in [0.05, 0.1) is 6.54 Å². The number of hydrogen-bond donors (Lipinski definition) is 1. The smallest absolute Gasteiger partial charge is 0.216 e. The first-order valence-corrected chi connectivity index (χ1v) is 5.37. The van der Waals surface area contributed by atoms with E-state index in [-0.39, 0.29) is 0 Å². The summed E-state index contributed by atoms with van der Waals surface area (Å²) >= 11 is 0. The largest absolute Gasteiger partial charge is 0.476 e. The molecule has 3 nitrogen and oxygen atoms in total. The molecule has 1 heterocycles. The molecule has 2 rings (SSSR count). The topological polar surface area (TPSA) is 47.6 Å². The van der Waals surface area contributed by atoms with Gasteiger partial charge in [0.25, 0.3) is 0 Å². The van der Waals surface area contributed by atoms with Gasteiger partial charge in [0.1, 0.15) is 6.61 Å². The van der Waals surface area contributed by atoms with Gasteiger partial charge in [-0.3, -0.25) is 0 Å². The van der Waals surface area contributed by atoms with E-state index in [9.17, 15) is 0 Å². The molecule has 0 fully saturated rings. The Morgan fingerprint density at radius 2 is 2.07 bits per heavy atom. The average molecular weight is 204 g/mol. The Balaban J connectivity index is 2.03. The first kappa shape index (κ1) is 10.2. The van der Waals surface area contributed by atoms with Crippen LogP contribution in [0, 0.1) is 0 Å². The summed E-state index contributed by atoms with van der Waals surface area (Å²) in [4.78, 5) is 4.27.